The summed E-state index contributed by atoms with van der Waals surface area (Å²) in [5.74, 6) is -0.168. The van der Waals surface area contributed by atoms with Crippen LogP contribution in [0.2, 0.25) is 0 Å². The molecule has 1 rings (SSSR count). The number of nitrogens with one attached hydrogen (secondary N) is 1. The average molecular weight is 242 g/mol. The Morgan fingerprint density at radius 3 is 2.31 bits per heavy atom. The van der Waals surface area contributed by atoms with E-state index in [1.807, 2.05) is 0 Å². The first-order valence-corrected chi connectivity index (χ1v) is 6.25. The molecule has 6 heteroatoms. The third-order valence-electron chi connectivity index (χ3n) is 1.99. The second kappa shape index (κ2) is 5.25. The molecule has 3 N–H and O–H groups in total. The molecule has 5 nitrogen and oxygen atoms in total. The van der Waals surface area contributed by atoms with Crippen molar-refractivity contribution in [2.45, 2.75) is 13.0 Å². The highest BCUT2D eigenvalue weighted by molar-refractivity contribution is 7.60. The number of amides is 1. The van der Waals surface area contributed by atoms with Crippen LogP contribution in [0.25, 0.3) is 0 Å². The molecule has 0 spiro atoms. The fourth-order valence-corrected chi connectivity index (χ4v) is 1.63. The zero-order chi connectivity index (χ0) is 12.2. The Balaban J connectivity index is 2.65. The van der Waals surface area contributed by atoms with Crippen molar-refractivity contribution < 1.29 is 19.1 Å². The smallest absolute Gasteiger partial charge is 0.352 e. The number of carbonyl (C=O) groups excluding carboxylic acids is 1. The maximum atomic E-state index is 10.9. The molecule has 87 valence electrons. The largest absolute Gasteiger partial charge is 0.356 e. The Labute approximate surface area is 93.7 Å². The van der Waals surface area contributed by atoms with E-state index in [4.69, 9.17) is 9.79 Å². The van der Waals surface area contributed by atoms with Crippen LogP contribution in [0.3, 0.4) is 0 Å². The van der Waals surface area contributed by atoms with Crippen LogP contribution in [-0.2, 0) is 15.9 Å². The van der Waals surface area contributed by atoms with Crippen molar-refractivity contribution >= 4 is 18.8 Å². The lowest BCUT2D eigenvalue weighted by molar-refractivity contribution is -0.120. The molecule has 0 atom stereocenters. The lowest BCUT2D eigenvalue weighted by Gasteiger charge is -2.06. The van der Waals surface area contributed by atoms with E-state index < -0.39 is 7.60 Å². The summed E-state index contributed by atoms with van der Waals surface area (Å²) in [6.07, 6.45) is 0.167. The summed E-state index contributed by atoms with van der Waals surface area (Å²) in [5.41, 5.74) is 0.777. The van der Waals surface area contributed by atoms with Gasteiger partial charge in [-0.25, -0.2) is 0 Å². The molecule has 0 heterocycles. The standard InChI is InChI=1S/C10H13NO4P/c1-2-10(12)11-7-8-3-5-9(6-4-8)16(13,14)15/h3-6H,1-2,7H2,(H,11,12)(H2,13,14,15). The molecule has 0 aromatic heterocycles. The molecular weight excluding hydrogens is 229 g/mol. The summed E-state index contributed by atoms with van der Waals surface area (Å²) in [7, 11) is -4.18. The van der Waals surface area contributed by atoms with Gasteiger partial charge in [-0.2, -0.15) is 0 Å². The van der Waals surface area contributed by atoms with Crippen LogP contribution in [0.5, 0.6) is 0 Å². The van der Waals surface area contributed by atoms with Gasteiger partial charge in [0.05, 0.1) is 5.30 Å². The van der Waals surface area contributed by atoms with Gasteiger partial charge in [0.25, 0.3) is 0 Å². The molecular formula is C10H13NO4P. The van der Waals surface area contributed by atoms with E-state index in [1.165, 1.54) is 12.1 Å². The second-order valence-electron chi connectivity index (χ2n) is 3.24. The highest BCUT2D eigenvalue weighted by Crippen LogP contribution is 2.32. The average Bonchev–Trinajstić information content (AvgIpc) is 2.25. The molecule has 0 saturated carbocycles. The first-order chi connectivity index (χ1) is 7.43. The molecule has 1 aromatic rings. The Hall–Kier alpha value is -1.16. The van der Waals surface area contributed by atoms with E-state index >= 15 is 0 Å². The fraction of sp³-hybridized carbons (Fsp3) is 0.200. The maximum Gasteiger partial charge on any atom is 0.356 e. The number of carbonyl (C=O) groups is 1. The molecule has 0 fully saturated rings. The van der Waals surface area contributed by atoms with E-state index in [0.29, 0.717) is 6.54 Å². The van der Waals surface area contributed by atoms with Gasteiger partial charge >= 0.3 is 7.60 Å². The van der Waals surface area contributed by atoms with Crippen molar-refractivity contribution in [3.63, 3.8) is 0 Å². The molecule has 0 saturated heterocycles. The molecule has 1 radical (unpaired) electrons. The van der Waals surface area contributed by atoms with Gasteiger partial charge in [0.1, 0.15) is 0 Å². The van der Waals surface area contributed by atoms with Gasteiger partial charge in [0, 0.05) is 13.0 Å². The summed E-state index contributed by atoms with van der Waals surface area (Å²) in [5, 5.41) is 2.58. The van der Waals surface area contributed by atoms with Crippen LogP contribution >= 0.6 is 7.60 Å². The van der Waals surface area contributed by atoms with Crippen LogP contribution < -0.4 is 10.6 Å². The predicted octanol–water partition coefficient (Wildman–Crippen LogP) is 0.330. The highest BCUT2D eigenvalue weighted by atomic mass is 31.2. The lowest BCUT2D eigenvalue weighted by atomic mass is 10.2. The molecule has 16 heavy (non-hydrogen) atoms. The maximum absolute atomic E-state index is 10.9. The van der Waals surface area contributed by atoms with Crippen molar-refractivity contribution in [2.75, 3.05) is 0 Å². The Morgan fingerprint density at radius 1 is 1.31 bits per heavy atom. The molecule has 1 aromatic carbocycles. The summed E-state index contributed by atoms with van der Waals surface area (Å²) in [6.45, 7) is 3.76. The number of hydrogen-bond donors (Lipinski definition) is 3. The Morgan fingerprint density at radius 2 is 1.88 bits per heavy atom. The summed E-state index contributed by atoms with van der Waals surface area (Å²) < 4.78 is 10.9. The van der Waals surface area contributed by atoms with Gasteiger partial charge in [0.15, 0.2) is 0 Å². The van der Waals surface area contributed by atoms with Crippen molar-refractivity contribution in [3.8, 4) is 0 Å². The minimum absolute atomic E-state index is 0.0280. The zero-order valence-electron chi connectivity index (χ0n) is 8.59. The molecule has 0 aliphatic carbocycles. The minimum atomic E-state index is -4.18. The lowest BCUT2D eigenvalue weighted by Crippen LogP contribution is -2.21. The molecule has 0 aliphatic heterocycles. The molecule has 1 amide bonds. The fourth-order valence-electron chi connectivity index (χ4n) is 1.10. The first kappa shape index (κ1) is 12.9. The SMILES string of the molecule is [CH2]CC(=O)NCc1ccc(P(=O)(O)O)cc1. The van der Waals surface area contributed by atoms with Gasteiger partial charge in [-0.15, -0.1) is 0 Å². The van der Waals surface area contributed by atoms with Crippen LogP contribution in [0.1, 0.15) is 12.0 Å². The van der Waals surface area contributed by atoms with Crippen LogP contribution in [0.15, 0.2) is 24.3 Å². The number of rotatable bonds is 4. The van der Waals surface area contributed by atoms with Gasteiger partial charge in [0.2, 0.25) is 5.91 Å². The van der Waals surface area contributed by atoms with Crippen LogP contribution in [0.4, 0.5) is 0 Å². The van der Waals surface area contributed by atoms with Gasteiger partial charge in [-0.3, -0.25) is 9.36 Å². The van der Waals surface area contributed by atoms with Crippen molar-refractivity contribution in [1.29, 1.82) is 0 Å². The zero-order valence-corrected chi connectivity index (χ0v) is 9.48. The van der Waals surface area contributed by atoms with Gasteiger partial charge in [-0.1, -0.05) is 12.1 Å². The van der Waals surface area contributed by atoms with E-state index in [-0.39, 0.29) is 17.6 Å². The van der Waals surface area contributed by atoms with Gasteiger partial charge < -0.3 is 15.1 Å². The normalized spacial score (nSPS) is 11.2. The summed E-state index contributed by atoms with van der Waals surface area (Å²) in [4.78, 5) is 28.7. The van der Waals surface area contributed by atoms with E-state index in [2.05, 4.69) is 12.2 Å². The van der Waals surface area contributed by atoms with E-state index in [0.717, 1.165) is 5.56 Å². The van der Waals surface area contributed by atoms with E-state index in [1.54, 1.807) is 12.1 Å². The van der Waals surface area contributed by atoms with Crippen LogP contribution in [-0.4, -0.2) is 15.7 Å². The highest BCUT2D eigenvalue weighted by Gasteiger charge is 2.15. The van der Waals surface area contributed by atoms with Crippen LogP contribution in [0, 0.1) is 6.92 Å². The molecule has 0 bridgehead atoms. The second-order valence-corrected chi connectivity index (χ2v) is 4.84. The van der Waals surface area contributed by atoms with Crippen molar-refractivity contribution in [3.05, 3.63) is 36.8 Å². The van der Waals surface area contributed by atoms with E-state index in [9.17, 15) is 9.36 Å². The topological polar surface area (TPSA) is 86.6 Å². The third-order valence-corrected chi connectivity index (χ3v) is 2.96. The number of hydrogen-bond acceptors (Lipinski definition) is 2. The van der Waals surface area contributed by atoms with Crippen molar-refractivity contribution in [1.82, 2.24) is 5.32 Å². The first-order valence-electron chi connectivity index (χ1n) is 4.64. The summed E-state index contributed by atoms with van der Waals surface area (Å²) in [6, 6.07) is 5.84. The van der Waals surface area contributed by atoms with Gasteiger partial charge in [-0.05, 0) is 24.6 Å². The summed E-state index contributed by atoms with van der Waals surface area (Å²) >= 11 is 0. The molecule has 0 unspecified atom stereocenters. The molecule has 0 aliphatic rings. The minimum Gasteiger partial charge on any atom is -0.352 e. The third kappa shape index (κ3) is 3.77. The Bertz CT molecular complexity index is 409. The predicted molar refractivity (Wildman–Crippen MR) is 59.9 cm³/mol. The monoisotopic (exact) mass is 242 g/mol. The number of benzene rings is 1. The Kier molecular flexibility index (Phi) is 4.24. The van der Waals surface area contributed by atoms with Crippen molar-refractivity contribution in [2.24, 2.45) is 0 Å². The quantitative estimate of drug-likeness (QED) is 0.664.